The van der Waals surface area contributed by atoms with Crippen molar-refractivity contribution < 1.29 is 13.5 Å². The lowest BCUT2D eigenvalue weighted by atomic mass is 9.96. The summed E-state index contributed by atoms with van der Waals surface area (Å²) in [6, 6.07) is 6.67. The zero-order valence-electron chi connectivity index (χ0n) is 11.4. The molecule has 1 fully saturated rings. The Morgan fingerprint density at radius 2 is 2.05 bits per heavy atom. The molecule has 4 nitrogen and oxygen atoms in total. The minimum atomic E-state index is -3.47. The molecular weight excluding hydrogens is 262 g/mol. The molecule has 1 unspecified atom stereocenters. The van der Waals surface area contributed by atoms with Gasteiger partial charge in [0.05, 0.1) is 11.5 Å². The third kappa shape index (κ3) is 2.83. The second-order valence-electron chi connectivity index (χ2n) is 5.42. The highest BCUT2D eigenvalue weighted by molar-refractivity contribution is 7.89. The van der Waals surface area contributed by atoms with Gasteiger partial charge >= 0.3 is 0 Å². The average Bonchev–Trinajstić information content (AvgIpc) is 2.89. The first-order chi connectivity index (χ1) is 8.96. The summed E-state index contributed by atoms with van der Waals surface area (Å²) < 4.78 is 26.7. The summed E-state index contributed by atoms with van der Waals surface area (Å²) in [5, 5.41) is 9.28. The van der Waals surface area contributed by atoms with E-state index >= 15 is 0 Å². The van der Waals surface area contributed by atoms with Gasteiger partial charge in [-0.3, -0.25) is 0 Å². The summed E-state index contributed by atoms with van der Waals surface area (Å²) in [4.78, 5) is 0.238. The molecule has 0 aromatic heterocycles. The lowest BCUT2D eigenvalue weighted by molar-refractivity contribution is 0.278. The van der Waals surface area contributed by atoms with Crippen molar-refractivity contribution in [3.63, 3.8) is 0 Å². The van der Waals surface area contributed by atoms with Crippen LogP contribution in [0.25, 0.3) is 0 Å². The lowest BCUT2D eigenvalue weighted by Gasteiger charge is -2.19. The monoisotopic (exact) mass is 283 g/mol. The van der Waals surface area contributed by atoms with Gasteiger partial charge < -0.3 is 5.11 Å². The van der Waals surface area contributed by atoms with Crippen LogP contribution in [0.15, 0.2) is 29.2 Å². The molecule has 1 N–H and O–H groups in total. The van der Waals surface area contributed by atoms with E-state index in [1.807, 2.05) is 0 Å². The molecule has 1 atom stereocenters. The summed E-state index contributed by atoms with van der Waals surface area (Å²) in [5.74, 6) is 0.921. The second-order valence-corrected chi connectivity index (χ2v) is 7.33. The average molecular weight is 283 g/mol. The maximum absolute atomic E-state index is 12.6. The number of sulfonamides is 1. The molecule has 0 amide bonds. The van der Waals surface area contributed by atoms with Crippen LogP contribution in [0.5, 0.6) is 0 Å². The molecule has 0 radical (unpaired) electrons. The molecule has 0 bridgehead atoms. The Labute approximate surface area is 115 Å². The Hall–Kier alpha value is -0.910. The van der Waals surface area contributed by atoms with E-state index in [9.17, 15) is 13.5 Å². The first-order valence-electron chi connectivity index (χ1n) is 6.65. The van der Waals surface area contributed by atoms with Crippen LogP contribution in [-0.4, -0.2) is 30.9 Å². The van der Waals surface area contributed by atoms with E-state index in [0.29, 0.717) is 30.5 Å². The summed E-state index contributed by atoms with van der Waals surface area (Å²) >= 11 is 0. The number of rotatable bonds is 4. The van der Waals surface area contributed by atoms with Crippen LogP contribution >= 0.6 is 0 Å². The normalized spacial score (nSPS) is 21.2. The van der Waals surface area contributed by atoms with E-state index in [-0.39, 0.29) is 11.5 Å². The minimum absolute atomic E-state index is 0.238. The van der Waals surface area contributed by atoms with Gasteiger partial charge in [0, 0.05) is 13.1 Å². The van der Waals surface area contributed by atoms with Crippen molar-refractivity contribution in [3.8, 4) is 0 Å². The van der Waals surface area contributed by atoms with Gasteiger partial charge in [0.25, 0.3) is 0 Å². The minimum Gasteiger partial charge on any atom is -0.392 e. The quantitative estimate of drug-likeness (QED) is 0.917. The van der Waals surface area contributed by atoms with E-state index in [1.165, 1.54) is 0 Å². The first kappa shape index (κ1) is 14.5. The smallest absolute Gasteiger partial charge is 0.243 e. The van der Waals surface area contributed by atoms with Crippen LogP contribution in [0.1, 0.15) is 25.8 Å². The molecule has 0 aliphatic carbocycles. The van der Waals surface area contributed by atoms with E-state index in [1.54, 1.807) is 28.6 Å². The standard InChI is InChI=1S/C14H21NO3S/c1-11(2)12-7-8-15(9-12)19(17,18)14-6-4-3-5-13(14)10-16/h3-6,11-12,16H,7-10H2,1-2H3. The highest BCUT2D eigenvalue weighted by atomic mass is 32.2. The number of hydrogen-bond acceptors (Lipinski definition) is 3. The van der Waals surface area contributed by atoms with Crippen LogP contribution < -0.4 is 0 Å². The summed E-state index contributed by atoms with van der Waals surface area (Å²) in [7, 11) is -3.47. The maximum atomic E-state index is 12.6. The molecule has 0 spiro atoms. The van der Waals surface area contributed by atoms with E-state index < -0.39 is 10.0 Å². The van der Waals surface area contributed by atoms with Gasteiger partial charge in [-0.15, -0.1) is 0 Å². The fraction of sp³-hybridized carbons (Fsp3) is 0.571. The zero-order valence-corrected chi connectivity index (χ0v) is 12.2. The molecule has 1 saturated heterocycles. The van der Waals surface area contributed by atoms with Crippen molar-refractivity contribution in [3.05, 3.63) is 29.8 Å². The molecule has 1 aliphatic heterocycles. The Morgan fingerprint density at radius 1 is 1.37 bits per heavy atom. The van der Waals surface area contributed by atoms with Crippen LogP contribution in [-0.2, 0) is 16.6 Å². The SMILES string of the molecule is CC(C)C1CCN(S(=O)(=O)c2ccccc2CO)C1. The van der Waals surface area contributed by atoms with Gasteiger partial charge in [0.1, 0.15) is 0 Å². The highest BCUT2D eigenvalue weighted by Gasteiger charge is 2.34. The Bertz CT molecular complexity index is 539. The van der Waals surface area contributed by atoms with Gasteiger partial charge in [-0.1, -0.05) is 32.0 Å². The van der Waals surface area contributed by atoms with Gasteiger partial charge in [0.15, 0.2) is 0 Å². The Morgan fingerprint density at radius 3 is 2.63 bits per heavy atom. The summed E-state index contributed by atoms with van der Waals surface area (Å²) in [5.41, 5.74) is 0.468. The molecule has 5 heteroatoms. The molecule has 106 valence electrons. The molecule has 0 saturated carbocycles. The van der Waals surface area contributed by atoms with Crippen LogP contribution in [0.3, 0.4) is 0 Å². The largest absolute Gasteiger partial charge is 0.392 e. The fourth-order valence-corrected chi connectivity index (χ4v) is 4.27. The third-order valence-electron chi connectivity index (χ3n) is 3.89. The topological polar surface area (TPSA) is 57.6 Å². The van der Waals surface area contributed by atoms with Crippen molar-refractivity contribution in [2.45, 2.75) is 31.8 Å². The zero-order chi connectivity index (χ0) is 14.0. The van der Waals surface area contributed by atoms with E-state index in [0.717, 1.165) is 6.42 Å². The second kappa shape index (κ2) is 5.61. The molecular formula is C14H21NO3S. The predicted molar refractivity (Wildman–Crippen MR) is 74.1 cm³/mol. The van der Waals surface area contributed by atoms with E-state index in [4.69, 9.17) is 0 Å². The van der Waals surface area contributed by atoms with Crippen molar-refractivity contribution in [1.82, 2.24) is 4.31 Å². The Kier molecular flexibility index (Phi) is 4.28. The van der Waals surface area contributed by atoms with E-state index in [2.05, 4.69) is 13.8 Å². The summed E-state index contributed by atoms with van der Waals surface area (Å²) in [6.45, 7) is 5.16. The third-order valence-corrected chi connectivity index (χ3v) is 5.86. The van der Waals surface area contributed by atoms with Crippen LogP contribution in [0.4, 0.5) is 0 Å². The molecule has 19 heavy (non-hydrogen) atoms. The molecule has 1 aromatic rings. The molecule has 1 heterocycles. The number of aliphatic hydroxyl groups excluding tert-OH is 1. The first-order valence-corrected chi connectivity index (χ1v) is 8.09. The number of benzene rings is 1. The maximum Gasteiger partial charge on any atom is 0.243 e. The predicted octanol–water partition coefficient (Wildman–Crippen LogP) is 1.85. The highest BCUT2D eigenvalue weighted by Crippen LogP contribution is 2.29. The van der Waals surface area contributed by atoms with Crippen molar-refractivity contribution >= 4 is 10.0 Å². The summed E-state index contributed by atoms with van der Waals surface area (Å²) in [6.07, 6.45) is 0.915. The number of aliphatic hydroxyl groups is 1. The number of hydrogen-bond donors (Lipinski definition) is 1. The molecule has 2 rings (SSSR count). The fourth-order valence-electron chi connectivity index (χ4n) is 2.54. The lowest BCUT2D eigenvalue weighted by Crippen LogP contribution is -2.30. The number of nitrogens with zero attached hydrogens (tertiary/aromatic N) is 1. The molecule has 1 aliphatic rings. The van der Waals surface area contributed by atoms with Gasteiger partial charge in [0.2, 0.25) is 10.0 Å². The van der Waals surface area contributed by atoms with Crippen LogP contribution in [0, 0.1) is 11.8 Å². The van der Waals surface area contributed by atoms with Crippen LogP contribution in [0.2, 0.25) is 0 Å². The van der Waals surface area contributed by atoms with Gasteiger partial charge in [-0.25, -0.2) is 8.42 Å². The van der Waals surface area contributed by atoms with Crippen molar-refractivity contribution in [2.75, 3.05) is 13.1 Å². The van der Waals surface area contributed by atoms with Crippen molar-refractivity contribution in [2.24, 2.45) is 11.8 Å². The van der Waals surface area contributed by atoms with Crippen molar-refractivity contribution in [1.29, 1.82) is 0 Å². The molecule has 1 aromatic carbocycles. The Balaban J connectivity index is 2.29. The van der Waals surface area contributed by atoms with Gasteiger partial charge in [-0.05, 0) is 29.9 Å². The van der Waals surface area contributed by atoms with Gasteiger partial charge in [-0.2, -0.15) is 4.31 Å².